The van der Waals surface area contributed by atoms with Crippen LogP contribution in [0.5, 0.6) is 0 Å². The van der Waals surface area contributed by atoms with E-state index in [4.69, 9.17) is 5.73 Å². The first-order valence-electron chi connectivity index (χ1n) is 9.43. The lowest BCUT2D eigenvalue weighted by molar-refractivity contribution is -0.151. The van der Waals surface area contributed by atoms with Gasteiger partial charge in [0.25, 0.3) is 0 Å². The third-order valence-electron chi connectivity index (χ3n) is 5.41. The summed E-state index contributed by atoms with van der Waals surface area (Å²) in [6.45, 7) is 2.54. The van der Waals surface area contributed by atoms with Crippen LogP contribution >= 0.6 is 0 Å². The molecule has 8 heteroatoms. The summed E-state index contributed by atoms with van der Waals surface area (Å²) in [6, 6.07) is 17.3. The number of nitrogens with zero attached hydrogens (tertiary/aromatic N) is 5. The van der Waals surface area contributed by atoms with Crippen molar-refractivity contribution in [3.8, 4) is 5.69 Å². The molecule has 148 valence electrons. The summed E-state index contributed by atoms with van der Waals surface area (Å²) in [6.07, 6.45) is 0.821. The minimum atomic E-state index is -0.682. The molecule has 0 atom stereocenters. The number of hydrogen-bond acceptors (Lipinski definition) is 5. The molecular formula is C21H22N6O2. The Kier molecular flexibility index (Phi) is 4.84. The lowest BCUT2D eigenvalue weighted by atomic mass is 9.74. The van der Waals surface area contributed by atoms with Gasteiger partial charge in [-0.1, -0.05) is 42.5 Å². The van der Waals surface area contributed by atoms with Crippen molar-refractivity contribution in [3.05, 3.63) is 71.5 Å². The van der Waals surface area contributed by atoms with Crippen molar-refractivity contribution < 1.29 is 9.59 Å². The molecule has 4 rings (SSSR count). The number of aryl methyl sites for hydroxylation is 1. The number of rotatable bonds is 6. The first-order chi connectivity index (χ1) is 14.0. The molecule has 0 aliphatic carbocycles. The van der Waals surface area contributed by atoms with E-state index in [9.17, 15) is 9.59 Å². The Morgan fingerprint density at radius 2 is 1.72 bits per heavy atom. The van der Waals surface area contributed by atoms with Crippen molar-refractivity contribution in [2.75, 3.05) is 13.1 Å². The monoisotopic (exact) mass is 390 g/mol. The van der Waals surface area contributed by atoms with Gasteiger partial charge >= 0.3 is 0 Å². The molecule has 1 aliphatic heterocycles. The van der Waals surface area contributed by atoms with Crippen molar-refractivity contribution in [2.24, 2.45) is 11.1 Å². The molecule has 1 fully saturated rings. The van der Waals surface area contributed by atoms with Gasteiger partial charge in [-0.05, 0) is 47.0 Å². The zero-order chi connectivity index (χ0) is 20.4. The van der Waals surface area contributed by atoms with Crippen LogP contribution in [-0.4, -0.2) is 50.0 Å². The van der Waals surface area contributed by atoms with Crippen molar-refractivity contribution in [2.45, 2.75) is 19.8 Å². The number of aromatic nitrogens is 4. The fourth-order valence-electron chi connectivity index (χ4n) is 3.71. The lowest BCUT2D eigenvalue weighted by Gasteiger charge is -2.48. The molecule has 0 bridgehead atoms. The van der Waals surface area contributed by atoms with E-state index in [-0.39, 0.29) is 18.2 Å². The highest BCUT2D eigenvalue weighted by molar-refractivity contribution is 5.87. The molecule has 8 nitrogen and oxygen atoms in total. The van der Waals surface area contributed by atoms with Gasteiger partial charge in [0.05, 0.1) is 17.5 Å². The molecule has 1 aliphatic rings. The molecule has 0 radical (unpaired) electrons. The van der Waals surface area contributed by atoms with E-state index in [0.29, 0.717) is 25.3 Å². The third-order valence-corrected chi connectivity index (χ3v) is 5.41. The quantitative estimate of drug-likeness (QED) is 0.677. The van der Waals surface area contributed by atoms with E-state index in [2.05, 4.69) is 15.5 Å². The second kappa shape index (κ2) is 7.46. The average Bonchev–Trinajstić information content (AvgIpc) is 3.11. The van der Waals surface area contributed by atoms with Crippen molar-refractivity contribution >= 4 is 11.8 Å². The second-order valence-electron chi connectivity index (χ2n) is 7.54. The van der Waals surface area contributed by atoms with E-state index in [1.54, 1.807) is 9.58 Å². The molecule has 2 N–H and O–H groups in total. The van der Waals surface area contributed by atoms with Gasteiger partial charge < -0.3 is 10.6 Å². The van der Waals surface area contributed by atoms with Gasteiger partial charge in [-0.15, -0.1) is 5.10 Å². The van der Waals surface area contributed by atoms with Crippen LogP contribution in [0.4, 0.5) is 0 Å². The second-order valence-corrected chi connectivity index (χ2v) is 7.54. The first kappa shape index (κ1) is 18.8. The molecule has 2 heterocycles. The summed E-state index contributed by atoms with van der Waals surface area (Å²) >= 11 is 0. The van der Waals surface area contributed by atoms with Gasteiger partial charge in [-0.2, -0.15) is 4.68 Å². The molecule has 0 unspecified atom stereocenters. The lowest BCUT2D eigenvalue weighted by Crippen LogP contribution is -2.65. The number of nitrogens with two attached hydrogens (primary N) is 1. The summed E-state index contributed by atoms with van der Waals surface area (Å²) in [5.41, 5.74) is 7.77. The number of hydrogen-bond donors (Lipinski definition) is 1. The minimum absolute atomic E-state index is 0.0127. The summed E-state index contributed by atoms with van der Waals surface area (Å²) in [7, 11) is 0. The molecule has 0 saturated carbocycles. The smallest absolute Gasteiger partial charge is 0.227 e. The highest BCUT2D eigenvalue weighted by atomic mass is 16.2. The number of carbonyl (C=O) groups is 2. The molecule has 2 aromatic carbocycles. The number of likely N-dealkylation sites (tertiary alicyclic amines) is 1. The van der Waals surface area contributed by atoms with E-state index in [0.717, 1.165) is 16.8 Å². The van der Waals surface area contributed by atoms with Crippen LogP contribution in [0.25, 0.3) is 5.69 Å². The summed E-state index contributed by atoms with van der Waals surface area (Å²) in [5.74, 6) is 0.323. The Bertz CT molecular complexity index is 1020. The minimum Gasteiger partial charge on any atom is -0.369 e. The normalized spacial score (nSPS) is 15.0. The van der Waals surface area contributed by atoms with Crippen molar-refractivity contribution in [3.63, 3.8) is 0 Å². The number of primary amides is 1. The fraction of sp³-hybridized carbons (Fsp3) is 0.286. The van der Waals surface area contributed by atoms with Crippen LogP contribution in [0.1, 0.15) is 17.0 Å². The van der Waals surface area contributed by atoms with Crippen LogP contribution in [0.3, 0.4) is 0 Å². The summed E-state index contributed by atoms with van der Waals surface area (Å²) < 4.78 is 1.63. The maximum Gasteiger partial charge on any atom is 0.227 e. The van der Waals surface area contributed by atoms with Gasteiger partial charge in [0.1, 0.15) is 0 Å². The van der Waals surface area contributed by atoms with Crippen molar-refractivity contribution in [1.82, 2.24) is 25.1 Å². The van der Waals surface area contributed by atoms with Crippen LogP contribution in [0.15, 0.2) is 54.6 Å². The van der Waals surface area contributed by atoms with E-state index < -0.39 is 5.41 Å². The number of amides is 2. The van der Waals surface area contributed by atoms with E-state index in [1.807, 2.05) is 61.5 Å². The Balaban J connectivity index is 1.38. The highest BCUT2D eigenvalue weighted by Gasteiger charge is 2.49. The fourth-order valence-corrected chi connectivity index (χ4v) is 3.71. The van der Waals surface area contributed by atoms with Gasteiger partial charge in [-0.25, -0.2) is 0 Å². The van der Waals surface area contributed by atoms with E-state index >= 15 is 0 Å². The molecule has 1 saturated heterocycles. The van der Waals surface area contributed by atoms with Crippen LogP contribution in [0, 0.1) is 12.3 Å². The van der Waals surface area contributed by atoms with Crippen molar-refractivity contribution in [1.29, 1.82) is 0 Å². The largest absolute Gasteiger partial charge is 0.369 e. The van der Waals surface area contributed by atoms with E-state index in [1.165, 1.54) is 0 Å². The van der Waals surface area contributed by atoms with Crippen LogP contribution in [0.2, 0.25) is 0 Å². The topological polar surface area (TPSA) is 107 Å². The molecule has 1 aromatic heterocycles. The number of tetrazole rings is 1. The standard InChI is InChI=1S/C21H22N6O2/c1-15-23-24-25-27(15)18-9-7-16(8-10-18)11-19(28)26-13-21(14-26,20(22)29)12-17-5-3-2-4-6-17/h2-10H,11-14H2,1H3,(H2,22,29). The summed E-state index contributed by atoms with van der Waals surface area (Å²) in [4.78, 5) is 26.4. The predicted octanol–water partition coefficient (Wildman–Crippen LogP) is 1.07. The van der Waals surface area contributed by atoms with Gasteiger partial charge in [-0.3, -0.25) is 9.59 Å². The zero-order valence-electron chi connectivity index (χ0n) is 16.2. The Morgan fingerprint density at radius 3 is 2.31 bits per heavy atom. The Labute approximate surface area is 168 Å². The zero-order valence-corrected chi connectivity index (χ0v) is 16.2. The van der Waals surface area contributed by atoms with Crippen LogP contribution < -0.4 is 5.73 Å². The molecule has 29 heavy (non-hydrogen) atoms. The SMILES string of the molecule is Cc1nnnn1-c1ccc(CC(=O)N2CC(Cc3ccccc3)(C(N)=O)C2)cc1. The van der Waals surface area contributed by atoms with Crippen LogP contribution in [-0.2, 0) is 22.4 Å². The molecular weight excluding hydrogens is 368 g/mol. The maximum atomic E-state index is 12.7. The first-order valence-corrected chi connectivity index (χ1v) is 9.43. The van der Waals surface area contributed by atoms with Gasteiger partial charge in [0, 0.05) is 13.1 Å². The maximum absolute atomic E-state index is 12.7. The molecule has 3 aromatic rings. The summed E-state index contributed by atoms with van der Waals surface area (Å²) in [5, 5.41) is 11.4. The number of benzene rings is 2. The average molecular weight is 390 g/mol. The third kappa shape index (κ3) is 3.73. The predicted molar refractivity (Wildman–Crippen MR) is 106 cm³/mol. The number of carbonyl (C=O) groups excluding carboxylic acids is 2. The van der Waals surface area contributed by atoms with Gasteiger partial charge in [0.2, 0.25) is 11.8 Å². The van der Waals surface area contributed by atoms with Gasteiger partial charge in [0.15, 0.2) is 5.82 Å². The highest BCUT2D eigenvalue weighted by Crippen LogP contribution is 2.34. The molecule has 0 spiro atoms. The Hall–Kier alpha value is -3.55. The Morgan fingerprint density at radius 1 is 1.03 bits per heavy atom. The molecule has 2 amide bonds.